The van der Waals surface area contributed by atoms with Crippen molar-refractivity contribution in [2.75, 3.05) is 20.3 Å². The quantitative estimate of drug-likeness (QED) is 0.783. The van der Waals surface area contributed by atoms with Gasteiger partial charge in [0.1, 0.15) is 0 Å². The molecule has 0 aromatic rings. The monoisotopic (exact) mass is 240 g/mol. The standard InChI is InChI=1S/C13H24N2O2/c1-9-11(4-3-5-12(9)14)13(16)15(2)10-6-7-17-8-10/h9-12H,3-8,14H2,1-2H3. The Balaban J connectivity index is 1.97. The van der Waals surface area contributed by atoms with Crippen LogP contribution in [0.15, 0.2) is 0 Å². The van der Waals surface area contributed by atoms with Crippen molar-refractivity contribution in [1.82, 2.24) is 4.90 Å². The number of nitrogens with zero attached hydrogens (tertiary/aromatic N) is 1. The van der Waals surface area contributed by atoms with E-state index in [-0.39, 0.29) is 23.9 Å². The summed E-state index contributed by atoms with van der Waals surface area (Å²) in [7, 11) is 1.91. The molecule has 1 heterocycles. The second kappa shape index (κ2) is 5.36. The molecule has 1 saturated heterocycles. The molecule has 2 rings (SSSR count). The first kappa shape index (κ1) is 12.8. The van der Waals surface area contributed by atoms with Crippen molar-refractivity contribution in [3.63, 3.8) is 0 Å². The smallest absolute Gasteiger partial charge is 0.226 e. The highest BCUT2D eigenvalue weighted by Gasteiger charge is 2.36. The summed E-state index contributed by atoms with van der Waals surface area (Å²) in [5.41, 5.74) is 6.06. The van der Waals surface area contributed by atoms with Crippen LogP contribution in [0.4, 0.5) is 0 Å². The number of hydrogen-bond donors (Lipinski definition) is 1. The number of hydrogen-bond acceptors (Lipinski definition) is 3. The van der Waals surface area contributed by atoms with Crippen molar-refractivity contribution in [2.45, 2.75) is 44.7 Å². The minimum Gasteiger partial charge on any atom is -0.379 e. The molecule has 0 aromatic carbocycles. The Morgan fingerprint density at radius 1 is 1.35 bits per heavy atom. The van der Waals surface area contributed by atoms with E-state index in [2.05, 4.69) is 6.92 Å². The largest absolute Gasteiger partial charge is 0.379 e. The van der Waals surface area contributed by atoms with Crippen LogP contribution in [-0.2, 0) is 9.53 Å². The second-order valence-corrected chi connectivity index (χ2v) is 5.53. The van der Waals surface area contributed by atoms with E-state index in [4.69, 9.17) is 10.5 Å². The SMILES string of the molecule is CC1C(N)CCCC1C(=O)N(C)C1CCOC1. The molecule has 1 saturated carbocycles. The maximum absolute atomic E-state index is 12.5. The number of carbonyl (C=O) groups excluding carboxylic acids is 1. The van der Waals surface area contributed by atoms with E-state index in [1.54, 1.807) is 0 Å². The van der Waals surface area contributed by atoms with Gasteiger partial charge in [0.05, 0.1) is 12.6 Å². The molecule has 4 unspecified atom stereocenters. The minimum atomic E-state index is 0.115. The van der Waals surface area contributed by atoms with E-state index in [9.17, 15) is 4.79 Å². The zero-order chi connectivity index (χ0) is 12.4. The van der Waals surface area contributed by atoms with Gasteiger partial charge in [0, 0.05) is 25.6 Å². The molecular formula is C13H24N2O2. The van der Waals surface area contributed by atoms with Gasteiger partial charge >= 0.3 is 0 Å². The summed E-state index contributed by atoms with van der Waals surface area (Å²) < 4.78 is 5.35. The van der Waals surface area contributed by atoms with Crippen LogP contribution < -0.4 is 5.73 Å². The molecule has 0 aromatic heterocycles. The Hall–Kier alpha value is -0.610. The van der Waals surface area contributed by atoms with Crippen molar-refractivity contribution in [1.29, 1.82) is 0 Å². The number of likely N-dealkylation sites (N-methyl/N-ethyl adjacent to an activating group) is 1. The maximum atomic E-state index is 12.5. The van der Waals surface area contributed by atoms with Gasteiger partial charge in [-0.3, -0.25) is 4.79 Å². The van der Waals surface area contributed by atoms with Gasteiger partial charge in [-0.05, 0) is 25.2 Å². The van der Waals surface area contributed by atoms with E-state index in [1.165, 1.54) is 0 Å². The lowest BCUT2D eigenvalue weighted by Crippen LogP contribution is -2.47. The molecule has 1 amide bonds. The first-order valence-electron chi connectivity index (χ1n) is 6.71. The molecule has 0 spiro atoms. The van der Waals surface area contributed by atoms with Gasteiger partial charge < -0.3 is 15.4 Å². The molecule has 17 heavy (non-hydrogen) atoms. The predicted octanol–water partition coefficient (Wildman–Crippen LogP) is 0.997. The Morgan fingerprint density at radius 2 is 2.12 bits per heavy atom. The highest BCUT2D eigenvalue weighted by atomic mass is 16.5. The average molecular weight is 240 g/mol. The van der Waals surface area contributed by atoms with Crippen LogP contribution in [-0.4, -0.2) is 43.2 Å². The number of nitrogens with two attached hydrogens (primary N) is 1. The number of amides is 1. The lowest BCUT2D eigenvalue weighted by atomic mass is 9.76. The van der Waals surface area contributed by atoms with E-state index < -0.39 is 0 Å². The van der Waals surface area contributed by atoms with Gasteiger partial charge in [0.2, 0.25) is 5.91 Å². The predicted molar refractivity (Wildman–Crippen MR) is 66.5 cm³/mol. The molecule has 0 radical (unpaired) electrons. The molecule has 2 fully saturated rings. The molecule has 4 heteroatoms. The van der Waals surface area contributed by atoms with Crippen LogP contribution in [0, 0.1) is 11.8 Å². The molecule has 1 aliphatic carbocycles. The molecule has 98 valence electrons. The first-order chi connectivity index (χ1) is 8.11. The Morgan fingerprint density at radius 3 is 2.76 bits per heavy atom. The van der Waals surface area contributed by atoms with Crippen molar-refractivity contribution in [3.8, 4) is 0 Å². The van der Waals surface area contributed by atoms with Crippen LogP contribution in [0.25, 0.3) is 0 Å². The highest BCUT2D eigenvalue weighted by Crippen LogP contribution is 2.31. The lowest BCUT2D eigenvalue weighted by Gasteiger charge is -2.36. The molecule has 2 aliphatic rings. The molecule has 4 atom stereocenters. The van der Waals surface area contributed by atoms with E-state index >= 15 is 0 Å². The fourth-order valence-electron chi connectivity index (χ4n) is 3.02. The molecule has 0 bridgehead atoms. The molecule has 2 N–H and O–H groups in total. The lowest BCUT2D eigenvalue weighted by molar-refractivity contribution is -0.139. The summed E-state index contributed by atoms with van der Waals surface area (Å²) in [6, 6.07) is 0.457. The van der Waals surface area contributed by atoms with Gasteiger partial charge in [-0.2, -0.15) is 0 Å². The van der Waals surface area contributed by atoms with Crippen molar-refractivity contribution >= 4 is 5.91 Å². The third-order valence-corrected chi connectivity index (χ3v) is 4.48. The van der Waals surface area contributed by atoms with E-state index in [1.807, 2.05) is 11.9 Å². The van der Waals surface area contributed by atoms with Crippen molar-refractivity contribution < 1.29 is 9.53 Å². The zero-order valence-corrected chi connectivity index (χ0v) is 10.9. The summed E-state index contributed by atoms with van der Waals surface area (Å²) in [6.45, 7) is 3.59. The topological polar surface area (TPSA) is 55.6 Å². The summed E-state index contributed by atoms with van der Waals surface area (Å²) in [5, 5.41) is 0. The number of ether oxygens (including phenoxy) is 1. The summed E-state index contributed by atoms with van der Waals surface area (Å²) in [6.07, 6.45) is 4.10. The average Bonchev–Trinajstić information content (AvgIpc) is 2.84. The van der Waals surface area contributed by atoms with Crippen molar-refractivity contribution in [2.24, 2.45) is 17.6 Å². The van der Waals surface area contributed by atoms with Gasteiger partial charge in [-0.15, -0.1) is 0 Å². The molecule has 1 aliphatic heterocycles. The number of rotatable bonds is 2. The van der Waals surface area contributed by atoms with Crippen LogP contribution in [0.3, 0.4) is 0 Å². The Labute approximate surface area is 103 Å². The van der Waals surface area contributed by atoms with E-state index in [0.717, 1.165) is 32.3 Å². The fraction of sp³-hybridized carbons (Fsp3) is 0.923. The summed E-state index contributed by atoms with van der Waals surface area (Å²) in [4.78, 5) is 14.4. The van der Waals surface area contributed by atoms with Gasteiger partial charge in [0.25, 0.3) is 0 Å². The third-order valence-electron chi connectivity index (χ3n) is 4.48. The van der Waals surface area contributed by atoms with Crippen LogP contribution >= 0.6 is 0 Å². The van der Waals surface area contributed by atoms with Gasteiger partial charge in [-0.1, -0.05) is 13.3 Å². The van der Waals surface area contributed by atoms with Gasteiger partial charge in [0.15, 0.2) is 0 Å². The number of carbonyl (C=O) groups is 1. The van der Waals surface area contributed by atoms with E-state index in [0.29, 0.717) is 12.5 Å². The van der Waals surface area contributed by atoms with Crippen LogP contribution in [0.5, 0.6) is 0 Å². The highest BCUT2D eigenvalue weighted by molar-refractivity contribution is 5.79. The van der Waals surface area contributed by atoms with Crippen LogP contribution in [0.2, 0.25) is 0 Å². The Kier molecular flexibility index (Phi) is 4.05. The van der Waals surface area contributed by atoms with Crippen LogP contribution in [0.1, 0.15) is 32.6 Å². The second-order valence-electron chi connectivity index (χ2n) is 5.53. The fourth-order valence-corrected chi connectivity index (χ4v) is 3.02. The van der Waals surface area contributed by atoms with Crippen molar-refractivity contribution in [3.05, 3.63) is 0 Å². The summed E-state index contributed by atoms with van der Waals surface area (Å²) >= 11 is 0. The normalized spacial score (nSPS) is 38.1. The minimum absolute atomic E-state index is 0.115. The summed E-state index contributed by atoms with van der Waals surface area (Å²) in [5.74, 6) is 0.688. The Bertz CT molecular complexity index is 277. The zero-order valence-electron chi connectivity index (χ0n) is 10.9. The van der Waals surface area contributed by atoms with Gasteiger partial charge in [-0.25, -0.2) is 0 Å². The third kappa shape index (κ3) is 2.63. The molecule has 4 nitrogen and oxygen atoms in total. The first-order valence-corrected chi connectivity index (χ1v) is 6.71. The molecular weight excluding hydrogens is 216 g/mol. The maximum Gasteiger partial charge on any atom is 0.226 e.